The van der Waals surface area contributed by atoms with Gasteiger partial charge in [-0.3, -0.25) is 14.3 Å². The van der Waals surface area contributed by atoms with Crippen molar-refractivity contribution in [1.82, 2.24) is 24.5 Å². The SMILES string of the molecule is CC(C)n1cc(CN2C[C@H]3c4cc(-c5cnn(C)c5)ccc4S(=O)(=O)[C@H]3C2)cn1. The first kappa shape index (κ1) is 18.6. The van der Waals surface area contributed by atoms with Crippen molar-refractivity contribution in [2.45, 2.75) is 42.5 Å². The summed E-state index contributed by atoms with van der Waals surface area (Å²) in [6.45, 7) is 6.24. The van der Waals surface area contributed by atoms with Crippen molar-refractivity contribution >= 4 is 9.84 Å². The summed E-state index contributed by atoms with van der Waals surface area (Å²) in [7, 11) is -1.41. The third-order valence-corrected chi connectivity index (χ3v) is 8.34. The molecule has 29 heavy (non-hydrogen) atoms. The maximum atomic E-state index is 13.1. The fraction of sp³-hybridized carbons (Fsp3) is 0.429. The van der Waals surface area contributed by atoms with Gasteiger partial charge < -0.3 is 0 Å². The van der Waals surface area contributed by atoms with Gasteiger partial charge in [-0.1, -0.05) is 6.07 Å². The molecule has 152 valence electrons. The van der Waals surface area contributed by atoms with E-state index in [2.05, 4.69) is 41.2 Å². The number of nitrogens with zero attached hydrogens (tertiary/aromatic N) is 5. The smallest absolute Gasteiger partial charge is 0.183 e. The zero-order valence-corrected chi connectivity index (χ0v) is 17.7. The van der Waals surface area contributed by atoms with Crippen LogP contribution < -0.4 is 0 Å². The van der Waals surface area contributed by atoms with Crippen molar-refractivity contribution < 1.29 is 8.42 Å². The van der Waals surface area contributed by atoms with Crippen molar-refractivity contribution in [3.63, 3.8) is 0 Å². The fourth-order valence-corrected chi connectivity index (χ4v) is 6.80. The Kier molecular flexibility index (Phi) is 4.18. The highest BCUT2D eigenvalue weighted by Gasteiger charge is 2.50. The molecule has 0 radical (unpaired) electrons. The molecule has 0 unspecified atom stereocenters. The first-order valence-corrected chi connectivity index (χ1v) is 11.5. The molecule has 0 aliphatic carbocycles. The number of aryl methyl sites for hydroxylation is 1. The molecule has 0 saturated carbocycles. The molecular formula is C21H25N5O2S. The van der Waals surface area contributed by atoms with Crippen LogP contribution in [0, 0.1) is 0 Å². The Hall–Kier alpha value is -2.45. The molecular weight excluding hydrogens is 386 g/mol. The lowest BCUT2D eigenvalue weighted by Gasteiger charge is -2.16. The van der Waals surface area contributed by atoms with E-state index in [1.54, 1.807) is 10.7 Å². The molecule has 2 aliphatic heterocycles. The van der Waals surface area contributed by atoms with Crippen LogP contribution in [0.25, 0.3) is 11.1 Å². The third-order valence-electron chi connectivity index (χ3n) is 6.08. The third kappa shape index (κ3) is 3.02. The van der Waals surface area contributed by atoms with Gasteiger partial charge in [-0.15, -0.1) is 0 Å². The van der Waals surface area contributed by atoms with Crippen LogP contribution in [0.5, 0.6) is 0 Å². The summed E-state index contributed by atoms with van der Waals surface area (Å²) >= 11 is 0. The van der Waals surface area contributed by atoms with Gasteiger partial charge >= 0.3 is 0 Å². The zero-order valence-electron chi connectivity index (χ0n) is 16.9. The second kappa shape index (κ2) is 6.53. The second-order valence-corrected chi connectivity index (χ2v) is 10.6. The molecule has 5 rings (SSSR count). The van der Waals surface area contributed by atoms with Gasteiger partial charge in [0.2, 0.25) is 0 Å². The van der Waals surface area contributed by atoms with E-state index in [1.165, 1.54) is 0 Å². The van der Waals surface area contributed by atoms with Crippen LogP contribution >= 0.6 is 0 Å². The highest BCUT2D eigenvalue weighted by molar-refractivity contribution is 7.92. The first-order valence-electron chi connectivity index (χ1n) is 9.95. The Morgan fingerprint density at radius 3 is 2.62 bits per heavy atom. The molecule has 0 amide bonds. The van der Waals surface area contributed by atoms with Gasteiger partial charge in [0.25, 0.3) is 0 Å². The van der Waals surface area contributed by atoms with Crippen LogP contribution in [0.1, 0.15) is 36.9 Å². The van der Waals surface area contributed by atoms with E-state index in [0.717, 1.165) is 35.3 Å². The summed E-state index contributed by atoms with van der Waals surface area (Å²) in [4.78, 5) is 2.75. The van der Waals surface area contributed by atoms with E-state index in [0.29, 0.717) is 17.5 Å². The average molecular weight is 412 g/mol. The Morgan fingerprint density at radius 1 is 1.10 bits per heavy atom. The zero-order chi connectivity index (χ0) is 20.3. The number of aromatic nitrogens is 4. The van der Waals surface area contributed by atoms with E-state index in [4.69, 9.17) is 0 Å². The minimum absolute atomic E-state index is 0.0202. The molecule has 3 aromatic rings. The number of hydrogen-bond acceptors (Lipinski definition) is 5. The van der Waals surface area contributed by atoms with E-state index in [1.807, 2.05) is 36.4 Å². The topological polar surface area (TPSA) is 73.0 Å². The van der Waals surface area contributed by atoms with Crippen LogP contribution in [0.15, 0.2) is 47.9 Å². The highest BCUT2D eigenvalue weighted by Crippen LogP contribution is 2.46. The van der Waals surface area contributed by atoms with E-state index in [9.17, 15) is 8.42 Å². The maximum absolute atomic E-state index is 13.1. The van der Waals surface area contributed by atoms with Crippen LogP contribution in [-0.4, -0.2) is 51.2 Å². The number of rotatable bonds is 4. The first-order chi connectivity index (χ1) is 13.8. The molecule has 2 aromatic heterocycles. The summed E-state index contributed by atoms with van der Waals surface area (Å²) in [6.07, 6.45) is 7.71. The number of fused-ring (bicyclic) bond motifs is 3. The molecule has 0 N–H and O–H groups in total. The Labute approximate surface area is 170 Å². The van der Waals surface area contributed by atoms with Gasteiger partial charge in [-0.05, 0) is 37.1 Å². The quantitative estimate of drug-likeness (QED) is 0.660. The van der Waals surface area contributed by atoms with Crippen molar-refractivity contribution in [2.24, 2.45) is 7.05 Å². The van der Waals surface area contributed by atoms with Crippen LogP contribution in [0.4, 0.5) is 0 Å². The summed E-state index contributed by atoms with van der Waals surface area (Å²) in [6, 6.07) is 6.05. The summed E-state index contributed by atoms with van der Waals surface area (Å²) in [5.41, 5.74) is 4.11. The molecule has 0 spiro atoms. The lowest BCUT2D eigenvalue weighted by atomic mass is 9.95. The molecule has 0 bridgehead atoms. The van der Waals surface area contributed by atoms with Gasteiger partial charge in [0.1, 0.15) is 0 Å². The van der Waals surface area contributed by atoms with E-state index in [-0.39, 0.29) is 11.2 Å². The maximum Gasteiger partial charge on any atom is 0.183 e. The van der Waals surface area contributed by atoms with Crippen molar-refractivity contribution in [3.8, 4) is 11.1 Å². The molecule has 1 aromatic carbocycles. The van der Waals surface area contributed by atoms with Crippen molar-refractivity contribution in [3.05, 3.63) is 54.1 Å². The molecule has 2 aliphatic rings. The molecule has 2 atom stereocenters. The van der Waals surface area contributed by atoms with Crippen molar-refractivity contribution in [2.75, 3.05) is 13.1 Å². The molecule has 4 heterocycles. The summed E-state index contributed by atoms with van der Waals surface area (Å²) in [5, 5.41) is 8.28. The Morgan fingerprint density at radius 2 is 1.93 bits per heavy atom. The largest absolute Gasteiger partial charge is 0.297 e. The normalized spacial score (nSPS) is 22.9. The van der Waals surface area contributed by atoms with Gasteiger partial charge in [-0.2, -0.15) is 10.2 Å². The standard InChI is InChI=1S/C21H25N5O2S/c1-14(2)26-10-15(7-23-26)9-25-12-19-18-6-16(17-8-22-24(3)11-17)4-5-20(18)29(27,28)21(19)13-25/h4-8,10-11,14,19,21H,9,12-13H2,1-3H3/t19-,21-/m0/s1. The lowest BCUT2D eigenvalue weighted by Crippen LogP contribution is -2.25. The Bertz CT molecular complexity index is 1180. The molecule has 1 saturated heterocycles. The summed E-state index contributed by atoms with van der Waals surface area (Å²) in [5.74, 6) is 0.0202. The lowest BCUT2D eigenvalue weighted by molar-refractivity contribution is 0.325. The second-order valence-electron chi connectivity index (χ2n) is 8.46. The molecule has 8 heteroatoms. The summed E-state index contributed by atoms with van der Waals surface area (Å²) < 4.78 is 30.0. The van der Waals surface area contributed by atoms with Crippen LogP contribution in [0.2, 0.25) is 0 Å². The van der Waals surface area contributed by atoms with Gasteiger partial charge in [0.05, 0.1) is 22.5 Å². The predicted octanol–water partition coefficient (Wildman–Crippen LogP) is 2.62. The van der Waals surface area contributed by atoms with Crippen molar-refractivity contribution in [1.29, 1.82) is 0 Å². The average Bonchev–Trinajstić information content (AvgIpc) is 3.43. The number of likely N-dealkylation sites (tertiary alicyclic amines) is 1. The minimum atomic E-state index is -3.29. The van der Waals surface area contributed by atoms with Gasteiger partial charge in [0.15, 0.2) is 9.84 Å². The van der Waals surface area contributed by atoms with Crippen LogP contribution in [0.3, 0.4) is 0 Å². The fourth-order valence-electron chi connectivity index (χ4n) is 4.60. The molecule has 1 fully saturated rings. The highest BCUT2D eigenvalue weighted by atomic mass is 32.2. The monoisotopic (exact) mass is 411 g/mol. The van der Waals surface area contributed by atoms with Gasteiger partial charge in [-0.25, -0.2) is 8.42 Å². The van der Waals surface area contributed by atoms with Crippen LogP contribution in [-0.2, 0) is 23.4 Å². The van der Waals surface area contributed by atoms with E-state index < -0.39 is 9.84 Å². The Balaban J connectivity index is 1.43. The predicted molar refractivity (Wildman–Crippen MR) is 110 cm³/mol. The molecule has 7 nitrogen and oxygen atoms in total. The number of hydrogen-bond donors (Lipinski definition) is 0. The van der Waals surface area contributed by atoms with E-state index >= 15 is 0 Å². The van der Waals surface area contributed by atoms with Gasteiger partial charge in [0, 0.05) is 62.2 Å². The number of sulfone groups is 1. The minimum Gasteiger partial charge on any atom is -0.297 e. The number of benzene rings is 1.